The van der Waals surface area contributed by atoms with Gasteiger partial charge in [0.2, 0.25) is 5.91 Å². The minimum Gasteiger partial charge on any atom is -0.486 e. The van der Waals surface area contributed by atoms with Crippen LogP contribution in [0.1, 0.15) is 6.42 Å². The number of benzene rings is 3. The fraction of sp³-hybridized carbons (Fsp3) is 0.174. The molecule has 1 N–H and O–H groups in total. The van der Waals surface area contributed by atoms with Crippen molar-refractivity contribution in [2.75, 3.05) is 24.3 Å². The lowest BCUT2D eigenvalue weighted by atomic mass is 10.2. The van der Waals surface area contributed by atoms with Gasteiger partial charge in [-0.1, -0.05) is 30.3 Å². The molecule has 1 amide bonds. The van der Waals surface area contributed by atoms with Crippen molar-refractivity contribution < 1.29 is 27.4 Å². The van der Waals surface area contributed by atoms with Crippen molar-refractivity contribution in [3.8, 4) is 23.0 Å². The fourth-order valence-electron chi connectivity index (χ4n) is 3.05. The summed E-state index contributed by atoms with van der Waals surface area (Å²) in [5.41, 5.74) is 0.466. The molecule has 0 bridgehead atoms. The van der Waals surface area contributed by atoms with Crippen LogP contribution in [0.3, 0.4) is 0 Å². The number of hydrogen-bond acceptors (Lipinski definition) is 6. The van der Waals surface area contributed by atoms with Crippen molar-refractivity contribution in [1.82, 2.24) is 0 Å². The second-order valence-corrected chi connectivity index (χ2v) is 8.94. The van der Waals surface area contributed by atoms with Crippen molar-refractivity contribution in [2.45, 2.75) is 11.3 Å². The minimum absolute atomic E-state index is 0.0948. The molecule has 1 aliphatic rings. The van der Waals surface area contributed by atoms with E-state index < -0.39 is 15.7 Å². The maximum Gasteiger partial charge on any atom is 0.225 e. The largest absolute Gasteiger partial charge is 0.486 e. The van der Waals surface area contributed by atoms with E-state index in [4.69, 9.17) is 14.2 Å². The summed E-state index contributed by atoms with van der Waals surface area (Å²) in [4.78, 5) is 12.5. The highest BCUT2D eigenvalue weighted by Gasteiger charge is 2.21. The van der Waals surface area contributed by atoms with Gasteiger partial charge in [0, 0.05) is 12.5 Å². The number of hydrogen-bond donors (Lipinski definition) is 1. The van der Waals surface area contributed by atoms with Crippen LogP contribution in [0.25, 0.3) is 0 Å². The molecule has 1 aliphatic heterocycles. The zero-order valence-electron chi connectivity index (χ0n) is 16.6. The summed E-state index contributed by atoms with van der Waals surface area (Å²) in [6.45, 7) is 0.790. The number of anilines is 1. The monoisotopic (exact) mass is 439 g/mol. The van der Waals surface area contributed by atoms with Crippen LogP contribution in [0.2, 0.25) is 0 Å². The third kappa shape index (κ3) is 5.16. The normalized spacial score (nSPS) is 12.8. The molecule has 0 aliphatic carbocycles. The Morgan fingerprint density at radius 1 is 0.903 bits per heavy atom. The van der Waals surface area contributed by atoms with Crippen molar-refractivity contribution in [2.24, 2.45) is 0 Å². The zero-order valence-corrected chi connectivity index (χ0v) is 17.4. The summed E-state index contributed by atoms with van der Waals surface area (Å²) in [7, 11) is -3.67. The van der Waals surface area contributed by atoms with Crippen LogP contribution in [0.4, 0.5) is 5.69 Å². The van der Waals surface area contributed by atoms with Gasteiger partial charge in [0.15, 0.2) is 27.1 Å². The summed E-state index contributed by atoms with van der Waals surface area (Å²) >= 11 is 0. The van der Waals surface area contributed by atoms with Crippen LogP contribution >= 0.6 is 0 Å². The lowest BCUT2D eigenvalue weighted by Crippen LogP contribution is -2.19. The highest BCUT2D eigenvalue weighted by atomic mass is 32.2. The van der Waals surface area contributed by atoms with Crippen molar-refractivity contribution >= 4 is 21.4 Å². The van der Waals surface area contributed by atoms with E-state index in [1.807, 2.05) is 18.2 Å². The smallest absolute Gasteiger partial charge is 0.225 e. The summed E-state index contributed by atoms with van der Waals surface area (Å²) in [6.07, 6.45) is -0.198. The van der Waals surface area contributed by atoms with Gasteiger partial charge in [0.1, 0.15) is 19.0 Å². The molecule has 0 fully saturated rings. The molecule has 3 aromatic carbocycles. The molecule has 0 spiro atoms. The second-order valence-electron chi connectivity index (χ2n) is 6.83. The molecule has 160 valence electrons. The van der Waals surface area contributed by atoms with Gasteiger partial charge in [-0.05, 0) is 36.4 Å². The van der Waals surface area contributed by atoms with Crippen molar-refractivity contribution in [1.29, 1.82) is 0 Å². The Balaban J connectivity index is 1.40. The van der Waals surface area contributed by atoms with Gasteiger partial charge in [-0.3, -0.25) is 4.79 Å². The predicted molar refractivity (Wildman–Crippen MR) is 116 cm³/mol. The minimum atomic E-state index is -3.67. The fourth-order valence-corrected chi connectivity index (χ4v) is 4.30. The van der Waals surface area contributed by atoms with Crippen LogP contribution in [0, 0.1) is 0 Å². The standard InChI is InChI=1S/C23H21NO6S/c25-23(24-19-8-4-5-9-20(19)30-17-6-2-1-3-7-17)12-15-31(26,27)18-10-11-21-22(16-18)29-14-13-28-21/h1-11,16H,12-15H2,(H,24,25). The van der Waals surface area contributed by atoms with Gasteiger partial charge in [0.05, 0.1) is 16.3 Å². The van der Waals surface area contributed by atoms with Gasteiger partial charge in [-0.2, -0.15) is 0 Å². The number of para-hydroxylation sites is 3. The first kappa shape index (κ1) is 20.7. The molecular weight excluding hydrogens is 418 g/mol. The van der Waals surface area contributed by atoms with Gasteiger partial charge in [-0.25, -0.2) is 8.42 Å². The van der Waals surface area contributed by atoms with E-state index in [1.165, 1.54) is 12.1 Å². The summed E-state index contributed by atoms with van der Waals surface area (Å²) in [5.74, 6) is 1.24. The number of fused-ring (bicyclic) bond motifs is 1. The number of rotatable bonds is 7. The molecule has 0 radical (unpaired) electrons. The first-order chi connectivity index (χ1) is 15.0. The SMILES string of the molecule is O=C(CCS(=O)(=O)c1ccc2c(c1)OCCO2)Nc1ccccc1Oc1ccccc1. The number of carbonyl (C=O) groups is 1. The van der Waals surface area contributed by atoms with E-state index in [0.29, 0.717) is 41.9 Å². The van der Waals surface area contributed by atoms with E-state index in [-0.39, 0.29) is 17.1 Å². The van der Waals surface area contributed by atoms with Gasteiger partial charge in [0.25, 0.3) is 0 Å². The zero-order chi connectivity index (χ0) is 21.7. The van der Waals surface area contributed by atoms with Crippen LogP contribution in [-0.2, 0) is 14.6 Å². The third-order valence-corrected chi connectivity index (χ3v) is 6.32. The molecule has 4 rings (SSSR count). The van der Waals surface area contributed by atoms with Crippen LogP contribution in [0.15, 0.2) is 77.7 Å². The molecule has 0 saturated carbocycles. The van der Waals surface area contributed by atoms with E-state index >= 15 is 0 Å². The topological polar surface area (TPSA) is 90.9 Å². The Morgan fingerprint density at radius 2 is 1.61 bits per heavy atom. The number of carbonyl (C=O) groups excluding carboxylic acids is 1. The summed E-state index contributed by atoms with van der Waals surface area (Å²) < 4.78 is 42.0. The molecular formula is C23H21NO6S. The first-order valence-electron chi connectivity index (χ1n) is 9.75. The number of amides is 1. The van der Waals surface area contributed by atoms with E-state index in [9.17, 15) is 13.2 Å². The van der Waals surface area contributed by atoms with Gasteiger partial charge in [-0.15, -0.1) is 0 Å². The molecule has 0 saturated heterocycles. The molecule has 0 aromatic heterocycles. The van der Waals surface area contributed by atoms with Crippen LogP contribution in [-0.4, -0.2) is 33.3 Å². The second kappa shape index (κ2) is 9.09. The number of sulfone groups is 1. The Bertz CT molecular complexity index is 1180. The number of nitrogens with one attached hydrogen (secondary N) is 1. The highest BCUT2D eigenvalue weighted by molar-refractivity contribution is 7.91. The average Bonchev–Trinajstić information content (AvgIpc) is 2.79. The van der Waals surface area contributed by atoms with E-state index in [1.54, 1.807) is 42.5 Å². The molecule has 1 heterocycles. The molecule has 0 unspecified atom stereocenters. The third-order valence-electron chi connectivity index (χ3n) is 4.60. The number of ether oxygens (including phenoxy) is 3. The Hall–Kier alpha value is -3.52. The first-order valence-corrected chi connectivity index (χ1v) is 11.4. The van der Waals surface area contributed by atoms with Gasteiger partial charge >= 0.3 is 0 Å². The van der Waals surface area contributed by atoms with E-state index in [2.05, 4.69) is 5.32 Å². The van der Waals surface area contributed by atoms with Crippen LogP contribution in [0.5, 0.6) is 23.0 Å². The quantitative estimate of drug-likeness (QED) is 0.597. The Kier molecular flexibility index (Phi) is 6.08. The highest BCUT2D eigenvalue weighted by Crippen LogP contribution is 2.33. The average molecular weight is 439 g/mol. The molecule has 8 heteroatoms. The lowest BCUT2D eigenvalue weighted by molar-refractivity contribution is -0.115. The molecule has 7 nitrogen and oxygen atoms in total. The summed E-state index contributed by atoms with van der Waals surface area (Å²) in [5, 5.41) is 2.73. The Morgan fingerprint density at radius 3 is 2.42 bits per heavy atom. The summed E-state index contributed by atoms with van der Waals surface area (Å²) in [6, 6.07) is 20.6. The van der Waals surface area contributed by atoms with Crippen LogP contribution < -0.4 is 19.5 Å². The Labute approximate surface area is 180 Å². The maximum absolute atomic E-state index is 12.7. The van der Waals surface area contributed by atoms with Crippen molar-refractivity contribution in [3.63, 3.8) is 0 Å². The lowest BCUT2D eigenvalue weighted by Gasteiger charge is -2.18. The molecule has 31 heavy (non-hydrogen) atoms. The van der Waals surface area contributed by atoms with Gasteiger partial charge < -0.3 is 19.5 Å². The predicted octanol–water partition coefficient (Wildman–Crippen LogP) is 4.05. The maximum atomic E-state index is 12.7. The molecule has 3 aromatic rings. The van der Waals surface area contributed by atoms with E-state index in [0.717, 1.165) is 0 Å². The molecule has 0 atom stereocenters. The van der Waals surface area contributed by atoms with Crippen molar-refractivity contribution in [3.05, 3.63) is 72.8 Å².